The average molecular weight is 236 g/mol. The summed E-state index contributed by atoms with van der Waals surface area (Å²) < 4.78 is 0. The van der Waals surface area contributed by atoms with Crippen LogP contribution in [0.1, 0.15) is 18.9 Å². The Kier molecular flexibility index (Phi) is 6.10. The monoisotopic (exact) mass is 236 g/mol. The van der Waals surface area contributed by atoms with E-state index in [0.717, 1.165) is 25.1 Å². The van der Waals surface area contributed by atoms with Gasteiger partial charge in [-0.05, 0) is 30.7 Å². The molecule has 0 radical (unpaired) electrons. The topological polar surface area (TPSA) is 61.4 Å². The lowest BCUT2D eigenvalue weighted by Gasteiger charge is -2.06. The molecule has 0 spiro atoms. The van der Waals surface area contributed by atoms with E-state index in [2.05, 4.69) is 17.6 Å². The number of aromatic hydroxyl groups is 1. The van der Waals surface area contributed by atoms with Gasteiger partial charge in [0.1, 0.15) is 5.75 Å². The molecular formula is C13H20N2O2. The molecule has 0 aromatic heterocycles. The van der Waals surface area contributed by atoms with Crippen molar-refractivity contribution in [1.29, 1.82) is 0 Å². The molecule has 4 nitrogen and oxygen atoms in total. The number of rotatable bonds is 7. The first kappa shape index (κ1) is 13.5. The van der Waals surface area contributed by atoms with Gasteiger partial charge < -0.3 is 15.7 Å². The zero-order valence-corrected chi connectivity index (χ0v) is 10.2. The maximum absolute atomic E-state index is 11.5. The number of phenols is 1. The zero-order valence-electron chi connectivity index (χ0n) is 10.2. The largest absolute Gasteiger partial charge is 0.508 e. The van der Waals surface area contributed by atoms with Crippen molar-refractivity contribution in [2.75, 3.05) is 19.6 Å². The van der Waals surface area contributed by atoms with Crippen LogP contribution in [0.4, 0.5) is 0 Å². The van der Waals surface area contributed by atoms with Gasteiger partial charge in [0.2, 0.25) is 5.91 Å². The summed E-state index contributed by atoms with van der Waals surface area (Å²) in [4.78, 5) is 11.5. The molecule has 0 aliphatic rings. The third kappa shape index (κ3) is 5.92. The lowest BCUT2D eigenvalue weighted by Crippen LogP contribution is -2.32. The van der Waals surface area contributed by atoms with Crippen LogP contribution in [0, 0.1) is 0 Å². The highest BCUT2D eigenvalue weighted by molar-refractivity contribution is 5.78. The van der Waals surface area contributed by atoms with E-state index in [9.17, 15) is 4.79 Å². The Morgan fingerprint density at radius 2 is 1.88 bits per heavy atom. The maximum atomic E-state index is 11.5. The van der Waals surface area contributed by atoms with Crippen molar-refractivity contribution in [1.82, 2.24) is 10.6 Å². The van der Waals surface area contributed by atoms with Gasteiger partial charge in [0, 0.05) is 13.1 Å². The number of hydrogen-bond donors (Lipinski definition) is 3. The van der Waals surface area contributed by atoms with Gasteiger partial charge in [0.25, 0.3) is 0 Å². The van der Waals surface area contributed by atoms with Crippen molar-refractivity contribution < 1.29 is 9.90 Å². The summed E-state index contributed by atoms with van der Waals surface area (Å²) >= 11 is 0. The molecule has 1 amide bonds. The number of nitrogens with one attached hydrogen (secondary N) is 2. The molecule has 1 aromatic carbocycles. The Morgan fingerprint density at radius 1 is 1.18 bits per heavy atom. The highest BCUT2D eigenvalue weighted by Crippen LogP contribution is 2.09. The fourth-order valence-corrected chi connectivity index (χ4v) is 1.45. The van der Waals surface area contributed by atoms with E-state index in [1.165, 1.54) is 0 Å². The normalized spacial score (nSPS) is 10.2. The van der Waals surface area contributed by atoms with Crippen molar-refractivity contribution >= 4 is 5.91 Å². The molecular weight excluding hydrogens is 216 g/mol. The first-order valence-corrected chi connectivity index (χ1v) is 5.97. The van der Waals surface area contributed by atoms with Crippen LogP contribution in [0.25, 0.3) is 0 Å². The van der Waals surface area contributed by atoms with Gasteiger partial charge in [-0.15, -0.1) is 0 Å². The van der Waals surface area contributed by atoms with Crippen molar-refractivity contribution in [2.45, 2.75) is 19.8 Å². The molecule has 1 rings (SSSR count). The minimum Gasteiger partial charge on any atom is -0.508 e. The Labute approximate surface area is 102 Å². The fraction of sp³-hybridized carbons (Fsp3) is 0.462. The summed E-state index contributed by atoms with van der Waals surface area (Å²) in [7, 11) is 0. The van der Waals surface area contributed by atoms with Gasteiger partial charge in [-0.2, -0.15) is 0 Å². The van der Waals surface area contributed by atoms with Gasteiger partial charge in [0.05, 0.1) is 6.42 Å². The van der Waals surface area contributed by atoms with E-state index >= 15 is 0 Å². The number of phenolic OH excluding ortho intramolecular Hbond substituents is 1. The molecule has 0 aliphatic heterocycles. The van der Waals surface area contributed by atoms with Gasteiger partial charge in [-0.25, -0.2) is 0 Å². The quantitative estimate of drug-likeness (QED) is 0.620. The Hall–Kier alpha value is -1.55. The predicted molar refractivity (Wildman–Crippen MR) is 68.0 cm³/mol. The predicted octanol–water partition coefficient (Wildman–Crippen LogP) is 1.05. The second-order valence-electron chi connectivity index (χ2n) is 3.94. The van der Waals surface area contributed by atoms with Crippen LogP contribution in [-0.2, 0) is 11.2 Å². The maximum Gasteiger partial charge on any atom is 0.224 e. The minimum absolute atomic E-state index is 0.00832. The number of benzene rings is 1. The summed E-state index contributed by atoms with van der Waals surface area (Å²) in [5.74, 6) is 0.229. The van der Waals surface area contributed by atoms with E-state index in [-0.39, 0.29) is 11.7 Å². The molecule has 0 atom stereocenters. The smallest absolute Gasteiger partial charge is 0.224 e. The molecule has 4 heteroatoms. The Balaban J connectivity index is 2.18. The van der Waals surface area contributed by atoms with Crippen molar-refractivity contribution in [3.8, 4) is 5.75 Å². The Morgan fingerprint density at radius 3 is 2.53 bits per heavy atom. The zero-order chi connectivity index (χ0) is 12.5. The van der Waals surface area contributed by atoms with Crippen LogP contribution >= 0.6 is 0 Å². The number of carbonyl (C=O) groups excluding carboxylic acids is 1. The molecule has 1 aromatic rings. The molecule has 17 heavy (non-hydrogen) atoms. The molecule has 94 valence electrons. The number of hydrogen-bond acceptors (Lipinski definition) is 3. The lowest BCUT2D eigenvalue weighted by atomic mass is 10.1. The van der Waals surface area contributed by atoms with Gasteiger partial charge >= 0.3 is 0 Å². The van der Waals surface area contributed by atoms with E-state index < -0.39 is 0 Å². The molecule has 0 fully saturated rings. The van der Waals surface area contributed by atoms with E-state index in [1.807, 2.05) is 0 Å². The first-order chi connectivity index (χ1) is 8.22. The van der Waals surface area contributed by atoms with Crippen LogP contribution < -0.4 is 10.6 Å². The van der Waals surface area contributed by atoms with Crippen LogP contribution in [0.3, 0.4) is 0 Å². The molecule has 0 heterocycles. The third-order valence-corrected chi connectivity index (χ3v) is 2.35. The summed E-state index contributed by atoms with van der Waals surface area (Å²) in [6.07, 6.45) is 1.45. The first-order valence-electron chi connectivity index (χ1n) is 5.97. The van der Waals surface area contributed by atoms with E-state index in [0.29, 0.717) is 13.0 Å². The molecule has 0 saturated carbocycles. The number of carbonyl (C=O) groups is 1. The van der Waals surface area contributed by atoms with Gasteiger partial charge in [0.15, 0.2) is 0 Å². The van der Waals surface area contributed by atoms with E-state index in [4.69, 9.17) is 5.11 Å². The molecule has 3 N–H and O–H groups in total. The van der Waals surface area contributed by atoms with Crippen molar-refractivity contribution in [3.63, 3.8) is 0 Å². The van der Waals surface area contributed by atoms with Crippen molar-refractivity contribution in [2.24, 2.45) is 0 Å². The highest BCUT2D eigenvalue weighted by atomic mass is 16.3. The lowest BCUT2D eigenvalue weighted by molar-refractivity contribution is -0.120. The van der Waals surface area contributed by atoms with Crippen LogP contribution in [0.5, 0.6) is 5.75 Å². The van der Waals surface area contributed by atoms with Crippen LogP contribution in [0.15, 0.2) is 24.3 Å². The SMILES string of the molecule is CCCNCCNC(=O)Cc1ccc(O)cc1. The molecule has 0 bridgehead atoms. The van der Waals surface area contributed by atoms with Crippen LogP contribution in [-0.4, -0.2) is 30.6 Å². The second-order valence-corrected chi connectivity index (χ2v) is 3.94. The summed E-state index contributed by atoms with van der Waals surface area (Å²) in [6, 6.07) is 6.69. The summed E-state index contributed by atoms with van der Waals surface area (Å²) in [6.45, 7) is 4.54. The van der Waals surface area contributed by atoms with Crippen molar-refractivity contribution in [3.05, 3.63) is 29.8 Å². The average Bonchev–Trinajstić information content (AvgIpc) is 2.32. The molecule has 0 saturated heterocycles. The molecule has 0 aliphatic carbocycles. The molecule has 0 unspecified atom stereocenters. The van der Waals surface area contributed by atoms with E-state index in [1.54, 1.807) is 24.3 Å². The third-order valence-electron chi connectivity index (χ3n) is 2.35. The minimum atomic E-state index is 0.00832. The second kappa shape index (κ2) is 7.68. The Bertz CT molecular complexity index is 336. The summed E-state index contributed by atoms with van der Waals surface area (Å²) in [5, 5.41) is 15.2. The van der Waals surface area contributed by atoms with Gasteiger partial charge in [-0.3, -0.25) is 4.79 Å². The number of amides is 1. The van der Waals surface area contributed by atoms with Gasteiger partial charge in [-0.1, -0.05) is 19.1 Å². The standard InChI is InChI=1S/C13H20N2O2/c1-2-7-14-8-9-15-13(17)10-11-3-5-12(16)6-4-11/h3-6,14,16H,2,7-10H2,1H3,(H,15,17). The fourth-order valence-electron chi connectivity index (χ4n) is 1.45. The summed E-state index contributed by atoms with van der Waals surface area (Å²) in [5.41, 5.74) is 0.904. The highest BCUT2D eigenvalue weighted by Gasteiger charge is 2.02. The van der Waals surface area contributed by atoms with Crippen LogP contribution in [0.2, 0.25) is 0 Å².